The van der Waals surface area contributed by atoms with Crippen LogP contribution in [0.5, 0.6) is 0 Å². The lowest BCUT2D eigenvalue weighted by Crippen LogP contribution is -2.16. The van der Waals surface area contributed by atoms with Crippen molar-refractivity contribution in [3.8, 4) is 0 Å². The van der Waals surface area contributed by atoms with Crippen LogP contribution < -0.4 is 10.6 Å². The molecule has 0 aliphatic carbocycles. The van der Waals surface area contributed by atoms with Crippen LogP contribution in [0, 0.1) is 0 Å². The molecule has 1 aromatic carbocycles. The zero-order valence-corrected chi connectivity index (χ0v) is 10.2. The topological polar surface area (TPSA) is 39.8 Å². The summed E-state index contributed by atoms with van der Waals surface area (Å²) < 4.78 is 0. The van der Waals surface area contributed by atoms with Crippen molar-refractivity contribution in [3.05, 3.63) is 53.9 Å². The second kappa shape index (κ2) is 6.11. The summed E-state index contributed by atoms with van der Waals surface area (Å²) in [5, 5.41) is 6.59. The van der Waals surface area contributed by atoms with E-state index in [4.69, 9.17) is 0 Å². The molecule has 17 heavy (non-hydrogen) atoms. The van der Waals surface area contributed by atoms with Crippen molar-refractivity contribution in [1.29, 1.82) is 0 Å². The maximum absolute atomic E-state index is 3.44. The lowest BCUT2D eigenvalue weighted by Gasteiger charge is -2.06. The van der Waals surface area contributed by atoms with E-state index < -0.39 is 0 Å². The molecule has 0 radical (unpaired) electrons. The molecule has 0 fully saturated rings. The number of nitrogens with one attached hydrogen (secondary N) is 3. The number of aromatic nitrogens is 1. The third-order valence-corrected chi connectivity index (χ3v) is 2.78. The highest BCUT2D eigenvalue weighted by Crippen LogP contribution is 2.09. The average molecular weight is 229 g/mol. The minimum Gasteiger partial charge on any atom is -0.388 e. The van der Waals surface area contributed by atoms with Crippen LogP contribution in [0.1, 0.15) is 11.3 Å². The fourth-order valence-corrected chi connectivity index (χ4v) is 1.82. The highest BCUT2D eigenvalue weighted by atomic mass is 14.9. The Morgan fingerprint density at radius 3 is 2.88 bits per heavy atom. The Bertz CT molecular complexity index is 434. The summed E-state index contributed by atoms with van der Waals surface area (Å²) in [7, 11) is 1.94. The Labute approximate surface area is 102 Å². The number of hydrogen-bond donors (Lipinski definition) is 3. The van der Waals surface area contributed by atoms with Crippen LogP contribution in [-0.4, -0.2) is 18.6 Å². The van der Waals surface area contributed by atoms with Crippen LogP contribution in [0.3, 0.4) is 0 Å². The van der Waals surface area contributed by atoms with Crippen LogP contribution in [0.25, 0.3) is 0 Å². The number of hydrogen-bond acceptors (Lipinski definition) is 2. The number of rotatable bonds is 6. The van der Waals surface area contributed by atoms with Gasteiger partial charge < -0.3 is 15.6 Å². The minimum absolute atomic E-state index is 0.913. The van der Waals surface area contributed by atoms with Gasteiger partial charge in [0.2, 0.25) is 0 Å². The number of aromatic amines is 1. The molecule has 0 aliphatic heterocycles. The van der Waals surface area contributed by atoms with E-state index in [9.17, 15) is 0 Å². The first-order chi connectivity index (χ1) is 8.38. The molecule has 2 aromatic rings. The Hall–Kier alpha value is -1.74. The molecule has 1 heterocycles. The van der Waals surface area contributed by atoms with Crippen LogP contribution in [0.4, 0.5) is 5.69 Å². The summed E-state index contributed by atoms with van der Waals surface area (Å²) in [5.74, 6) is 0. The van der Waals surface area contributed by atoms with E-state index in [-0.39, 0.29) is 0 Å². The average Bonchev–Trinajstić information content (AvgIpc) is 2.88. The minimum atomic E-state index is 0.913. The summed E-state index contributed by atoms with van der Waals surface area (Å²) in [6.45, 7) is 1.90. The van der Waals surface area contributed by atoms with Crippen molar-refractivity contribution >= 4 is 5.69 Å². The molecular formula is C14H19N3. The zero-order chi connectivity index (χ0) is 11.9. The van der Waals surface area contributed by atoms with Gasteiger partial charge in [-0.1, -0.05) is 12.1 Å². The van der Waals surface area contributed by atoms with Crippen LogP contribution >= 0.6 is 0 Å². The van der Waals surface area contributed by atoms with E-state index in [1.165, 1.54) is 11.3 Å². The first kappa shape index (κ1) is 11.7. The van der Waals surface area contributed by atoms with Gasteiger partial charge in [0.1, 0.15) is 0 Å². The van der Waals surface area contributed by atoms with Crippen molar-refractivity contribution < 1.29 is 0 Å². The van der Waals surface area contributed by atoms with Crippen molar-refractivity contribution in [2.75, 3.05) is 18.9 Å². The molecule has 0 saturated carbocycles. The quantitative estimate of drug-likeness (QED) is 0.666. The lowest BCUT2D eigenvalue weighted by atomic mass is 10.2. The molecule has 3 heteroatoms. The maximum Gasteiger partial charge on any atom is 0.0340 e. The van der Waals surface area contributed by atoms with Gasteiger partial charge >= 0.3 is 0 Å². The molecular weight excluding hydrogens is 210 g/mol. The normalized spacial score (nSPS) is 10.4. The summed E-state index contributed by atoms with van der Waals surface area (Å²) >= 11 is 0. The molecule has 3 N–H and O–H groups in total. The predicted octanol–water partition coefficient (Wildman–Crippen LogP) is 2.39. The van der Waals surface area contributed by atoms with Crippen molar-refractivity contribution in [2.45, 2.75) is 13.0 Å². The molecule has 0 aliphatic rings. The number of H-pyrrole nitrogens is 1. The number of benzene rings is 1. The van der Waals surface area contributed by atoms with Gasteiger partial charge in [-0.25, -0.2) is 0 Å². The van der Waals surface area contributed by atoms with Gasteiger partial charge in [-0.2, -0.15) is 0 Å². The van der Waals surface area contributed by atoms with E-state index in [0.717, 1.165) is 25.2 Å². The van der Waals surface area contributed by atoms with Crippen LogP contribution in [-0.2, 0) is 13.0 Å². The van der Waals surface area contributed by atoms with Crippen LogP contribution in [0.15, 0.2) is 42.6 Å². The molecule has 0 atom stereocenters. The smallest absolute Gasteiger partial charge is 0.0340 e. The van der Waals surface area contributed by atoms with E-state index >= 15 is 0 Å². The first-order valence-corrected chi connectivity index (χ1v) is 5.98. The van der Waals surface area contributed by atoms with Gasteiger partial charge in [-0.05, 0) is 36.2 Å². The fraction of sp³-hybridized carbons (Fsp3) is 0.286. The maximum atomic E-state index is 3.44. The predicted molar refractivity (Wildman–Crippen MR) is 72.2 cm³/mol. The van der Waals surface area contributed by atoms with Gasteiger partial charge in [0, 0.05) is 37.7 Å². The highest BCUT2D eigenvalue weighted by molar-refractivity contribution is 5.44. The molecule has 1 aromatic heterocycles. The van der Waals surface area contributed by atoms with Gasteiger partial charge in [-0.3, -0.25) is 0 Å². The van der Waals surface area contributed by atoms with Gasteiger partial charge in [0.25, 0.3) is 0 Å². The van der Waals surface area contributed by atoms with E-state index in [1.54, 1.807) is 0 Å². The van der Waals surface area contributed by atoms with Crippen molar-refractivity contribution in [1.82, 2.24) is 10.3 Å². The standard InChI is InChI=1S/C14H19N3/c1-15-14-5-2-4-12(10-14)11-16-9-7-13-6-3-8-17-13/h2-6,8,10,15-17H,7,9,11H2,1H3. The summed E-state index contributed by atoms with van der Waals surface area (Å²) in [6.07, 6.45) is 3.00. The van der Waals surface area contributed by atoms with Crippen LogP contribution in [0.2, 0.25) is 0 Å². The second-order valence-electron chi connectivity index (χ2n) is 4.07. The summed E-state index contributed by atoms with van der Waals surface area (Å²) in [6, 6.07) is 12.6. The lowest BCUT2D eigenvalue weighted by molar-refractivity contribution is 0.681. The van der Waals surface area contributed by atoms with Crippen molar-refractivity contribution in [2.24, 2.45) is 0 Å². The molecule has 0 amide bonds. The Balaban J connectivity index is 1.74. The molecule has 0 unspecified atom stereocenters. The third-order valence-electron chi connectivity index (χ3n) is 2.78. The largest absolute Gasteiger partial charge is 0.388 e. The Kier molecular flexibility index (Phi) is 4.22. The van der Waals surface area contributed by atoms with Gasteiger partial charge in [-0.15, -0.1) is 0 Å². The molecule has 0 spiro atoms. The third kappa shape index (κ3) is 3.64. The second-order valence-corrected chi connectivity index (χ2v) is 4.07. The summed E-state index contributed by atoms with van der Waals surface area (Å²) in [4.78, 5) is 3.20. The molecule has 2 rings (SSSR count). The molecule has 0 saturated heterocycles. The Morgan fingerprint density at radius 2 is 2.12 bits per heavy atom. The molecule has 0 bridgehead atoms. The van der Waals surface area contributed by atoms with Crippen molar-refractivity contribution in [3.63, 3.8) is 0 Å². The van der Waals surface area contributed by atoms with E-state index in [1.807, 2.05) is 19.3 Å². The fourth-order valence-electron chi connectivity index (χ4n) is 1.82. The highest BCUT2D eigenvalue weighted by Gasteiger charge is 1.95. The SMILES string of the molecule is CNc1cccc(CNCCc2ccc[nH]2)c1. The molecule has 3 nitrogen and oxygen atoms in total. The van der Waals surface area contributed by atoms with E-state index in [0.29, 0.717) is 0 Å². The van der Waals surface area contributed by atoms with Gasteiger partial charge in [0.05, 0.1) is 0 Å². The first-order valence-electron chi connectivity index (χ1n) is 5.98. The van der Waals surface area contributed by atoms with E-state index in [2.05, 4.69) is 45.9 Å². The molecule has 90 valence electrons. The number of anilines is 1. The van der Waals surface area contributed by atoms with Gasteiger partial charge in [0.15, 0.2) is 0 Å². The zero-order valence-electron chi connectivity index (χ0n) is 10.2. The summed E-state index contributed by atoms with van der Waals surface area (Å²) in [5.41, 5.74) is 3.75. The Morgan fingerprint density at radius 1 is 1.18 bits per heavy atom. The monoisotopic (exact) mass is 229 g/mol.